The molecule has 0 bridgehead atoms. The van der Waals surface area contributed by atoms with E-state index < -0.39 is 88.0 Å². The van der Waals surface area contributed by atoms with Crippen LogP contribution in [-0.4, -0.2) is 10.3 Å². The van der Waals surface area contributed by atoms with E-state index in [9.17, 15) is 57.8 Å². The molecule has 0 heterocycles. The predicted molar refractivity (Wildman–Crippen MR) is 148 cm³/mol. The van der Waals surface area contributed by atoms with Gasteiger partial charge in [0.15, 0.2) is 0 Å². The minimum Gasteiger partial charge on any atom is -0.507 e. The maximum atomic E-state index is 13.9. The van der Waals surface area contributed by atoms with Gasteiger partial charge >= 0.3 is 24.7 Å². The predicted octanol–water partition coefficient (Wildman–Crippen LogP) is 11.5. The van der Waals surface area contributed by atoms with Crippen LogP contribution in [0.15, 0.2) is 54.6 Å². The Morgan fingerprint density at radius 3 is 1.13 bits per heavy atom. The first kappa shape index (κ1) is 36.5. The van der Waals surface area contributed by atoms with Crippen LogP contribution >= 0.6 is 7.92 Å². The molecule has 45 heavy (non-hydrogen) atoms. The molecule has 0 amide bonds. The van der Waals surface area contributed by atoms with Gasteiger partial charge in [-0.05, 0) is 63.7 Å². The van der Waals surface area contributed by atoms with Gasteiger partial charge in [0.05, 0.1) is 22.3 Å². The molecule has 0 fully saturated rings. The molecule has 1 atom stereocenters. The molecule has 0 radical (unpaired) electrons. The van der Waals surface area contributed by atoms with E-state index in [1.807, 2.05) is 0 Å². The number of halogens is 12. The highest BCUT2D eigenvalue weighted by atomic mass is 31.1. The number of para-hydroxylation sites is 1. The Balaban J connectivity index is 2.63. The Labute approximate surface area is 253 Å². The monoisotopic (exact) mass is 676 g/mol. The maximum Gasteiger partial charge on any atom is 0.416 e. The SMILES string of the molecule is CC(C)(C)c1cccc(P(C(c2cc(C(F)(F)F)cc(C(F)(F)F)c2)c2cc(C(F)(F)F)cc(C(F)(F)F)c2)C(C)(C)C)c1O. The number of hydrogen-bond acceptors (Lipinski definition) is 1. The summed E-state index contributed by atoms with van der Waals surface area (Å²) >= 11 is 0. The second-order valence-corrected chi connectivity index (χ2v) is 15.6. The summed E-state index contributed by atoms with van der Waals surface area (Å²) in [6.45, 7) is 9.58. The van der Waals surface area contributed by atoms with Crippen molar-refractivity contribution in [1.82, 2.24) is 0 Å². The van der Waals surface area contributed by atoms with E-state index in [0.717, 1.165) is 0 Å². The summed E-state index contributed by atoms with van der Waals surface area (Å²) in [6.07, 6.45) is -21.4. The summed E-state index contributed by atoms with van der Waals surface area (Å²) in [4.78, 5) is 0. The first-order valence-corrected chi connectivity index (χ1v) is 14.6. The summed E-state index contributed by atoms with van der Waals surface area (Å²) in [7, 11) is -2.41. The molecule has 0 aliphatic heterocycles. The minimum absolute atomic E-state index is 0.0214. The van der Waals surface area contributed by atoms with Gasteiger partial charge in [0.2, 0.25) is 0 Å². The maximum absolute atomic E-state index is 13.9. The topological polar surface area (TPSA) is 20.2 Å². The molecule has 14 heteroatoms. The van der Waals surface area contributed by atoms with Crippen LogP contribution in [0, 0.1) is 0 Å². The van der Waals surface area contributed by atoms with Crippen LogP contribution in [0.2, 0.25) is 0 Å². The van der Waals surface area contributed by atoms with E-state index in [1.54, 1.807) is 20.8 Å². The summed E-state index contributed by atoms with van der Waals surface area (Å²) in [5, 5.41) is 10.2. The van der Waals surface area contributed by atoms with Crippen LogP contribution in [-0.2, 0) is 30.1 Å². The average Bonchev–Trinajstić information content (AvgIpc) is 2.83. The van der Waals surface area contributed by atoms with Gasteiger partial charge in [-0.3, -0.25) is 0 Å². The van der Waals surface area contributed by atoms with Crippen molar-refractivity contribution in [3.05, 3.63) is 93.5 Å². The van der Waals surface area contributed by atoms with Crippen LogP contribution in [0.25, 0.3) is 0 Å². The van der Waals surface area contributed by atoms with Crippen molar-refractivity contribution >= 4 is 13.2 Å². The van der Waals surface area contributed by atoms with E-state index in [0.29, 0.717) is 29.8 Å². The van der Waals surface area contributed by atoms with Crippen molar-refractivity contribution in [3.8, 4) is 5.75 Å². The number of alkyl halides is 12. The van der Waals surface area contributed by atoms with E-state index in [4.69, 9.17) is 0 Å². The van der Waals surface area contributed by atoms with Crippen LogP contribution in [0.4, 0.5) is 52.7 Å². The fourth-order valence-electron chi connectivity index (χ4n) is 4.98. The number of phenols is 1. The van der Waals surface area contributed by atoms with Crippen LogP contribution in [0.3, 0.4) is 0 Å². The third-order valence-corrected chi connectivity index (χ3v) is 10.4. The van der Waals surface area contributed by atoms with E-state index in [1.165, 1.54) is 39.0 Å². The van der Waals surface area contributed by atoms with Crippen molar-refractivity contribution in [3.63, 3.8) is 0 Å². The number of rotatable bonds is 4. The van der Waals surface area contributed by atoms with Crippen LogP contribution in [0.5, 0.6) is 5.75 Å². The molecule has 1 N–H and O–H groups in total. The van der Waals surface area contributed by atoms with Gasteiger partial charge in [-0.25, -0.2) is 0 Å². The summed E-state index contributed by atoms with van der Waals surface area (Å²) in [6, 6.07) is 5.16. The van der Waals surface area contributed by atoms with Gasteiger partial charge in [-0.1, -0.05) is 67.7 Å². The second-order valence-electron chi connectivity index (χ2n) is 12.5. The summed E-state index contributed by atoms with van der Waals surface area (Å²) in [5.41, 5.74) is -11.2. The molecular weight excluding hydrogens is 647 g/mol. The zero-order valence-corrected chi connectivity index (χ0v) is 25.6. The standard InChI is InChI=1S/C31H29F12OP/c1-26(2,3)22-8-7-9-23(24(22)44)45(27(4,5)6)25(16-10-18(28(32,33)34)14-19(11-16)29(35,36)37)17-12-20(30(38,39)40)15-21(13-17)31(41,42)43/h7-15,25,44H,1-6H3. The molecule has 0 spiro atoms. The molecule has 0 aliphatic rings. The highest BCUT2D eigenvalue weighted by Crippen LogP contribution is 2.64. The van der Waals surface area contributed by atoms with E-state index >= 15 is 0 Å². The lowest BCUT2D eigenvalue weighted by atomic mass is 9.86. The quantitative estimate of drug-likeness (QED) is 0.215. The fraction of sp³-hybridized carbons (Fsp3) is 0.419. The lowest BCUT2D eigenvalue weighted by Crippen LogP contribution is -2.27. The number of phenolic OH excluding ortho intramolecular Hbond substituents is 1. The first-order chi connectivity index (χ1) is 20.0. The number of benzene rings is 3. The Hall–Kier alpha value is -2.95. The molecule has 3 rings (SSSR count). The lowest BCUT2D eigenvalue weighted by Gasteiger charge is -2.40. The minimum atomic E-state index is -5.36. The van der Waals surface area contributed by atoms with E-state index in [-0.39, 0.29) is 17.4 Å². The number of aromatic hydroxyl groups is 1. The van der Waals surface area contributed by atoms with Crippen molar-refractivity contribution in [2.75, 3.05) is 0 Å². The normalized spacial score (nSPS) is 14.6. The molecule has 3 aromatic carbocycles. The third-order valence-electron chi connectivity index (χ3n) is 6.91. The largest absolute Gasteiger partial charge is 0.507 e. The van der Waals surface area contributed by atoms with Crippen molar-refractivity contribution in [2.45, 2.75) is 82.5 Å². The Bertz CT molecular complexity index is 1400. The smallest absolute Gasteiger partial charge is 0.416 e. The van der Waals surface area contributed by atoms with Gasteiger partial charge < -0.3 is 5.11 Å². The number of hydrogen-bond donors (Lipinski definition) is 1. The van der Waals surface area contributed by atoms with Gasteiger partial charge in [0.1, 0.15) is 5.75 Å². The van der Waals surface area contributed by atoms with Crippen molar-refractivity contribution in [2.24, 2.45) is 0 Å². The first-order valence-electron chi connectivity index (χ1n) is 13.2. The molecule has 0 saturated heterocycles. The Kier molecular flexibility index (Phi) is 9.49. The van der Waals surface area contributed by atoms with Gasteiger partial charge in [0, 0.05) is 11.0 Å². The Morgan fingerprint density at radius 2 is 0.867 bits per heavy atom. The highest BCUT2D eigenvalue weighted by Gasteiger charge is 2.44. The highest BCUT2D eigenvalue weighted by molar-refractivity contribution is 7.67. The van der Waals surface area contributed by atoms with Gasteiger partial charge in [-0.2, -0.15) is 52.7 Å². The van der Waals surface area contributed by atoms with Gasteiger partial charge in [-0.15, -0.1) is 0 Å². The van der Waals surface area contributed by atoms with Crippen LogP contribution < -0.4 is 5.30 Å². The van der Waals surface area contributed by atoms with Crippen molar-refractivity contribution < 1.29 is 57.8 Å². The molecule has 248 valence electrons. The molecule has 1 nitrogen and oxygen atoms in total. The second kappa shape index (κ2) is 11.7. The lowest BCUT2D eigenvalue weighted by molar-refractivity contribution is -0.144. The fourth-order valence-corrected chi connectivity index (χ4v) is 8.25. The molecule has 1 unspecified atom stereocenters. The molecule has 3 aromatic rings. The van der Waals surface area contributed by atoms with Crippen molar-refractivity contribution in [1.29, 1.82) is 0 Å². The molecule has 0 aliphatic carbocycles. The molecule has 0 saturated carbocycles. The average molecular weight is 677 g/mol. The summed E-state index contributed by atoms with van der Waals surface area (Å²) in [5.74, 6) is -0.415. The molecular formula is C31H29F12OP. The summed E-state index contributed by atoms with van der Waals surface area (Å²) < 4.78 is 167. The zero-order valence-electron chi connectivity index (χ0n) is 24.7. The van der Waals surface area contributed by atoms with Gasteiger partial charge in [0.25, 0.3) is 0 Å². The third kappa shape index (κ3) is 8.26. The Morgan fingerprint density at radius 1 is 0.533 bits per heavy atom. The zero-order chi connectivity index (χ0) is 34.7. The van der Waals surface area contributed by atoms with E-state index in [2.05, 4.69) is 0 Å². The van der Waals surface area contributed by atoms with Crippen LogP contribution in [0.1, 0.15) is 86.1 Å². The molecule has 0 aromatic heterocycles.